The van der Waals surface area contributed by atoms with Crippen molar-refractivity contribution in [1.82, 2.24) is 20.1 Å². The van der Waals surface area contributed by atoms with E-state index in [2.05, 4.69) is 36.2 Å². The van der Waals surface area contributed by atoms with E-state index in [9.17, 15) is 0 Å². The summed E-state index contributed by atoms with van der Waals surface area (Å²) in [6.07, 6.45) is 7.20. The highest BCUT2D eigenvalue weighted by molar-refractivity contribution is 4.91. The van der Waals surface area contributed by atoms with E-state index in [-0.39, 0.29) is 0 Å². The zero-order valence-corrected chi connectivity index (χ0v) is 11.3. The van der Waals surface area contributed by atoms with Crippen molar-refractivity contribution in [2.24, 2.45) is 11.3 Å². The van der Waals surface area contributed by atoms with Crippen molar-refractivity contribution < 1.29 is 0 Å². The molecule has 17 heavy (non-hydrogen) atoms. The first-order valence-electron chi connectivity index (χ1n) is 6.53. The summed E-state index contributed by atoms with van der Waals surface area (Å²) < 4.78 is 2.03. The molecule has 1 saturated carbocycles. The maximum absolute atomic E-state index is 4.32. The molecule has 0 aromatic carbocycles. The molecule has 0 amide bonds. The Hall–Kier alpha value is -0.900. The molecule has 0 aliphatic heterocycles. The van der Waals surface area contributed by atoms with Gasteiger partial charge < -0.3 is 5.32 Å². The van der Waals surface area contributed by atoms with Gasteiger partial charge in [-0.05, 0) is 37.6 Å². The monoisotopic (exact) mass is 236 g/mol. The molecule has 0 saturated heterocycles. The Morgan fingerprint density at radius 3 is 2.59 bits per heavy atom. The lowest BCUT2D eigenvalue weighted by Gasteiger charge is -2.41. The Morgan fingerprint density at radius 2 is 2.06 bits per heavy atom. The minimum absolute atomic E-state index is 0.386. The fourth-order valence-corrected chi connectivity index (χ4v) is 2.95. The summed E-state index contributed by atoms with van der Waals surface area (Å²) in [7, 11) is 2.05. The normalized spacial score (nSPS) is 30.5. The SMILES string of the molecule is CNC1CCC(C(C)(C)C)CC1n1cncn1. The lowest BCUT2D eigenvalue weighted by Crippen LogP contribution is -2.42. The topological polar surface area (TPSA) is 42.7 Å². The number of rotatable bonds is 2. The summed E-state index contributed by atoms with van der Waals surface area (Å²) in [5.41, 5.74) is 0.386. The van der Waals surface area contributed by atoms with Gasteiger partial charge in [-0.3, -0.25) is 0 Å². The predicted molar refractivity (Wildman–Crippen MR) is 68.7 cm³/mol. The molecule has 1 aliphatic rings. The van der Waals surface area contributed by atoms with Crippen LogP contribution in [-0.2, 0) is 0 Å². The molecule has 0 radical (unpaired) electrons. The largest absolute Gasteiger partial charge is 0.315 e. The van der Waals surface area contributed by atoms with Crippen molar-refractivity contribution in [1.29, 1.82) is 0 Å². The smallest absolute Gasteiger partial charge is 0.137 e. The minimum Gasteiger partial charge on any atom is -0.315 e. The molecular formula is C13H24N4. The molecule has 1 aromatic heterocycles. The first-order valence-corrected chi connectivity index (χ1v) is 6.53. The van der Waals surface area contributed by atoms with Crippen molar-refractivity contribution in [2.45, 2.75) is 52.1 Å². The molecule has 1 aromatic rings. The molecule has 4 nitrogen and oxygen atoms in total. The molecule has 3 unspecified atom stereocenters. The summed E-state index contributed by atoms with van der Waals surface area (Å²) in [6.45, 7) is 7.03. The molecular weight excluding hydrogens is 212 g/mol. The maximum atomic E-state index is 4.32. The van der Waals surface area contributed by atoms with Gasteiger partial charge in [-0.1, -0.05) is 20.8 Å². The second kappa shape index (κ2) is 4.77. The number of hydrogen-bond acceptors (Lipinski definition) is 3. The van der Waals surface area contributed by atoms with E-state index < -0.39 is 0 Å². The van der Waals surface area contributed by atoms with E-state index >= 15 is 0 Å². The molecule has 1 aliphatic carbocycles. The fourth-order valence-electron chi connectivity index (χ4n) is 2.95. The average Bonchev–Trinajstić information content (AvgIpc) is 2.80. The summed E-state index contributed by atoms with van der Waals surface area (Å²) in [5.74, 6) is 0.765. The van der Waals surface area contributed by atoms with Crippen molar-refractivity contribution >= 4 is 0 Å². The van der Waals surface area contributed by atoms with Gasteiger partial charge in [0.15, 0.2) is 0 Å². The summed E-state index contributed by atoms with van der Waals surface area (Å²) in [4.78, 5) is 4.08. The highest BCUT2D eigenvalue weighted by atomic mass is 15.3. The Kier molecular flexibility index (Phi) is 3.52. The Balaban J connectivity index is 2.15. The Morgan fingerprint density at radius 1 is 1.29 bits per heavy atom. The van der Waals surface area contributed by atoms with E-state index in [4.69, 9.17) is 0 Å². The second-order valence-corrected chi connectivity index (χ2v) is 6.21. The van der Waals surface area contributed by atoms with Gasteiger partial charge >= 0.3 is 0 Å². The zero-order valence-electron chi connectivity index (χ0n) is 11.3. The number of nitrogens with zero attached hydrogens (tertiary/aromatic N) is 3. The van der Waals surface area contributed by atoms with Crippen molar-refractivity contribution in [3.05, 3.63) is 12.7 Å². The van der Waals surface area contributed by atoms with Gasteiger partial charge in [-0.25, -0.2) is 9.67 Å². The number of aromatic nitrogens is 3. The minimum atomic E-state index is 0.386. The van der Waals surface area contributed by atoms with Crippen LogP contribution in [0.2, 0.25) is 0 Å². The van der Waals surface area contributed by atoms with Crippen LogP contribution >= 0.6 is 0 Å². The molecule has 4 heteroatoms. The van der Waals surface area contributed by atoms with Crippen molar-refractivity contribution in [3.8, 4) is 0 Å². The van der Waals surface area contributed by atoms with Crippen molar-refractivity contribution in [3.63, 3.8) is 0 Å². The molecule has 1 N–H and O–H groups in total. The van der Waals surface area contributed by atoms with Gasteiger partial charge in [0.05, 0.1) is 6.04 Å². The van der Waals surface area contributed by atoms with Crippen LogP contribution in [0.5, 0.6) is 0 Å². The molecule has 2 rings (SSSR count). The van der Waals surface area contributed by atoms with Gasteiger partial charge in [0.25, 0.3) is 0 Å². The predicted octanol–water partition coefficient (Wildman–Crippen LogP) is 2.25. The van der Waals surface area contributed by atoms with Crippen LogP contribution in [0.25, 0.3) is 0 Å². The van der Waals surface area contributed by atoms with Gasteiger partial charge in [0.1, 0.15) is 12.7 Å². The van der Waals surface area contributed by atoms with E-state index in [1.54, 1.807) is 6.33 Å². The lowest BCUT2D eigenvalue weighted by molar-refractivity contribution is 0.115. The van der Waals surface area contributed by atoms with Crippen molar-refractivity contribution in [2.75, 3.05) is 7.05 Å². The first kappa shape index (κ1) is 12.6. The van der Waals surface area contributed by atoms with Crippen LogP contribution in [-0.4, -0.2) is 27.9 Å². The van der Waals surface area contributed by atoms with E-state index in [0.717, 1.165) is 5.92 Å². The van der Waals surface area contributed by atoms with Crippen LogP contribution in [0, 0.1) is 11.3 Å². The summed E-state index contributed by atoms with van der Waals surface area (Å²) >= 11 is 0. The number of nitrogens with one attached hydrogen (secondary N) is 1. The van der Waals surface area contributed by atoms with E-state index in [1.165, 1.54) is 19.3 Å². The quantitative estimate of drug-likeness (QED) is 0.856. The molecule has 1 fully saturated rings. The summed E-state index contributed by atoms with van der Waals surface area (Å²) in [5, 5.41) is 7.75. The van der Waals surface area contributed by atoms with Gasteiger partial charge in [-0.2, -0.15) is 5.10 Å². The molecule has 96 valence electrons. The maximum Gasteiger partial charge on any atom is 0.137 e. The number of likely N-dealkylation sites (N-methyl/N-ethyl adjacent to an activating group) is 1. The van der Waals surface area contributed by atoms with Crippen LogP contribution < -0.4 is 5.32 Å². The van der Waals surface area contributed by atoms with E-state index in [0.29, 0.717) is 17.5 Å². The number of hydrogen-bond donors (Lipinski definition) is 1. The molecule has 1 heterocycles. The molecule has 0 bridgehead atoms. The van der Waals surface area contributed by atoms with Gasteiger partial charge in [-0.15, -0.1) is 0 Å². The van der Waals surface area contributed by atoms with Crippen LogP contribution in [0.3, 0.4) is 0 Å². The standard InChI is InChI=1S/C13H24N4/c1-13(2,3)10-5-6-11(14-4)12(7-10)17-9-15-8-16-17/h8-12,14H,5-7H2,1-4H3. The second-order valence-electron chi connectivity index (χ2n) is 6.21. The molecule has 0 spiro atoms. The third kappa shape index (κ3) is 2.68. The summed E-state index contributed by atoms with van der Waals surface area (Å²) in [6, 6.07) is 0.968. The van der Waals surface area contributed by atoms with Crippen LogP contribution in [0.15, 0.2) is 12.7 Å². The van der Waals surface area contributed by atoms with E-state index in [1.807, 2.05) is 18.1 Å². The third-order valence-corrected chi connectivity index (χ3v) is 4.19. The van der Waals surface area contributed by atoms with Gasteiger partial charge in [0.2, 0.25) is 0 Å². The highest BCUT2D eigenvalue weighted by Gasteiger charge is 2.36. The lowest BCUT2D eigenvalue weighted by atomic mass is 9.69. The Labute approximate surface area is 104 Å². The zero-order chi connectivity index (χ0) is 12.5. The van der Waals surface area contributed by atoms with Crippen LogP contribution in [0.1, 0.15) is 46.1 Å². The fraction of sp³-hybridized carbons (Fsp3) is 0.846. The average molecular weight is 236 g/mol. The third-order valence-electron chi connectivity index (χ3n) is 4.19. The van der Waals surface area contributed by atoms with Crippen LogP contribution in [0.4, 0.5) is 0 Å². The van der Waals surface area contributed by atoms with Gasteiger partial charge in [0, 0.05) is 6.04 Å². The molecule has 3 atom stereocenters. The Bertz CT molecular complexity index is 339. The highest BCUT2D eigenvalue weighted by Crippen LogP contribution is 2.41. The first-order chi connectivity index (χ1) is 8.02.